The van der Waals surface area contributed by atoms with Crippen molar-refractivity contribution >= 4 is 29.1 Å². The molecule has 0 fully saturated rings. The quantitative estimate of drug-likeness (QED) is 0.302. The zero-order valence-corrected chi connectivity index (χ0v) is 20.1. The van der Waals surface area contributed by atoms with Gasteiger partial charge in [-0.25, -0.2) is 4.90 Å². The highest BCUT2D eigenvalue weighted by Crippen LogP contribution is 2.32. The molecular formula is C30H24N2O5. The number of ether oxygens (including phenoxy) is 2. The van der Waals surface area contributed by atoms with Crippen molar-refractivity contribution < 1.29 is 23.9 Å². The van der Waals surface area contributed by atoms with Gasteiger partial charge in [0.25, 0.3) is 17.7 Å². The van der Waals surface area contributed by atoms with Gasteiger partial charge >= 0.3 is 0 Å². The summed E-state index contributed by atoms with van der Waals surface area (Å²) in [6, 6.07) is 29.7. The summed E-state index contributed by atoms with van der Waals surface area (Å²) in [6.45, 7) is 1.88. The number of anilines is 2. The van der Waals surface area contributed by atoms with Crippen molar-refractivity contribution in [1.82, 2.24) is 0 Å². The third-order valence-corrected chi connectivity index (χ3v) is 5.89. The molecular weight excluding hydrogens is 468 g/mol. The molecule has 0 saturated carbocycles. The van der Waals surface area contributed by atoms with Crippen molar-refractivity contribution in [1.29, 1.82) is 0 Å². The Bertz CT molecular complexity index is 1450. The largest absolute Gasteiger partial charge is 0.481 e. The van der Waals surface area contributed by atoms with E-state index in [0.717, 1.165) is 4.90 Å². The standard InChI is InChI=1S/C30H24N2O5/c1-2-27(37-22-13-7-4-8-14-22)28(33)31-20-10-9-15-23(18-20)36-24-16-17-25-26(19-24)30(35)32(29(25)34)21-11-5-3-6-12-21/h3-19,27H,2H2,1H3,(H,31,33). The number of benzene rings is 4. The highest BCUT2D eigenvalue weighted by Gasteiger charge is 2.36. The van der Waals surface area contributed by atoms with Gasteiger partial charge in [0.05, 0.1) is 16.8 Å². The number of nitrogens with zero attached hydrogens (tertiary/aromatic N) is 1. The second kappa shape index (κ2) is 10.4. The lowest BCUT2D eigenvalue weighted by Gasteiger charge is -2.17. The van der Waals surface area contributed by atoms with E-state index in [1.54, 1.807) is 78.9 Å². The van der Waals surface area contributed by atoms with E-state index in [4.69, 9.17) is 9.47 Å². The fourth-order valence-corrected chi connectivity index (χ4v) is 4.08. The molecule has 184 valence electrons. The van der Waals surface area contributed by atoms with Crippen LogP contribution in [0, 0.1) is 0 Å². The molecule has 1 unspecified atom stereocenters. The maximum Gasteiger partial charge on any atom is 0.266 e. The number of rotatable bonds is 8. The van der Waals surface area contributed by atoms with Crippen LogP contribution in [0.2, 0.25) is 0 Å². The highest BCUT2D eigenvalue weighted by atomic mass is 16.5. The van der Waals surface area contributed by atoms with Gasteiger partial charge in [0, 0.05) is 11.8 Å². The Morgan fingerprint density at radius 3 is 2.14 bits per heavy atom. The van der Waals surface area contributed by atoms with E-state index in [0.29, 0.717) is 40.6 Å². The molecule has 0 spiro atoms. The maximum absolute atomic E-state index is 13.0. The molecule has 0 aliphatic carbocycles. The molecule has 1 aliphatic heterocycles. The van der Waals surface area contributed by atoms with Crippen LogP contribution in [0.4, 0.5) is 11.4 Å². The summed E-state index contributed by atoms with van der Waals surface area (Å²) < 4.78 is 11.8. The van der Waals surface area contributed by atoms with Gasteiger partial charge in [-0.05, 0) is 61.0 Å². The Hall–Kier alpha value is -4.91. The number of hydrogen-bond acceptors (Lipinski definition) is 5. The van der Waals surface area contributed by atoms with Gasteiger partial charge in [-0.2, -0.15) is 0 Å². The third-order valence-electron chi connectivity index (χ3n) is 5.89. The molecule has 37 heavy (non-hydrogen) atoms. The zero-order chi connectivity index (χ0) is 25.8. The SMILES string of the molecule is CCC(Oc1ccccc1)C(=O)Nc1cccc(Oc2ccc3c(c2)C(=O)N(c2ccccc2)C3=O)c1. The second-order valence-electron chi connectivity index (χ2n) is 8.44. The maximum atomic E-state index is 13.0. The normalized spacial score (nSPS) is 13.2. The molecule has 1 aliphatic rings. The lowest BCUT2D eigenvalue weighted by molar-refractivity contribution is -0.122. The van der Waals surface area contributed by atoms with Crippen molar-refractivity contribution in [3.8, 4) is 17.2 Å². The average Bonchev–Trinajstić information content (AvgIpc) is 3.17. The number of carbonyl (C=O) groups is 3. The number of amides is 3. The van der Waals surface area contributed by atoms with Crippen LogP contribution in [0.25, 0.3) is 0 Å². The molecule has 1 atom stereocenters. The lowest BCUT2D eigenvalue weighted by atomic mass is 10.1. The summed E-state index contributed by atoms with van der Waals surface area (Å²) in [5, 5.41) is 2.87. The van der Waals surface area contributed by atoms with Crippen LogP contribution >= 0.6 is 0 Å². The average molecular weight is 493 g/mol. The number of fused-ring (bicyclic) bond motifs is 1. The molecule has 5 rings (SSSR count). The molecule has 7 heteroatoms. The van der Waals surface area contributed by atoms with Crippen LogP contribution in [-0.2, 0) is 4.79 Å². The predicted molar refractivity (Wildman–Crippen MR) is 140 cm³/mol. The molecule has 0 aromatic heterocycles. The second-order valence-corrected chi connectivity index (χ2v) is 8.44. The monoisotopic (exact) mass is 492 g/mol. The van der Waals surface area contributed by atoms with Crippen molar-refractivity contribution in [2.75, 3.05) is 10.2 Å². The number of imide groups is 1. The first-order valence-corrected chi connectivity index (χ1v) is 11.9. The summed E-state index contributed by atoms with van der Waals surface area (Å²) in [6.07, 6.45) is -0.154. The number of hydrogen-bond donors (Lipinski definition) is 1. The fraction of sp³-hybridized carbons (Fsp3) is 0.100. The lowest BCUT2D eigenvalue weighted by Crippen LogP contribution is -2.32. The Labute approximate surface area is 214 Å². The van der Waals surface area contributed by atoms with Crippen molar-refractivity contribution in [3.63, 3.8) is 0 Å². The number of carbonyl (C=O) groups excluding carboxylic acids is 3. The Morgan fingerprint density at radius 1 is 0.757 bits per heavy atom. The van der Waals surface area contributed by atoms with E-state index in [2.05, 4.69) is 5.32 Å². The van der Waals surface area contributed by atoms with Gasteiger partial charge in [0.2, 0.25) is 0 Å². The van der Waals surface area contributed by atoms with Crippen LogP contribution in [0.1, 0.15) is 34.1 Å². The summed E-state index contributed by atoms with van der Waals surface area (Å²) in [5.74, 6) is 0.444. The summed E-state index contributed by atoms with van der Waals surface area (Å²) in [5.41, 5.74) is 1.66. The number of nitrogens with one attached hydrogen (secondary N) is 1. The van der Waals surface area contributed by atoms with Crippen LogP contribution in [0.3, 0.4) is 0 Å². The Balaban J connectivity index is 1.29. The van der Waals surface area contributed by atoms with Crippen molar-refractivity contribution in [2.45, 2.75) is 19.4 Å². The Morgan fingerprint density at radius 2 is 1.41 bits per heavy atom. The van der Waals surface area contributed by atoms with E-state index in [-0.39, 0.29) is 17.4 Å². The van der Waals surface area contributed by atoms with E-state index >= 15 is 0 Å². The van der Waals surface area contributed by atoms with Crippen molar-refractivity contribution in [3.05, 3.63) is 114 Å². The number of para-hydroxylation sites is 2. The van der Waals surface area contributed by atoms with Crippen LogP contribution in [0.5, 0.6) is 17.2 Å². The zero-order valence-electron chi connectivity index (χ0n) is 20.1. The molecule has 0 radical (unpaired) electrons. The molecule has 0 saturated heterocycles. The van der Waals surface area contributed by atoms with Crippen LogP contribution in [-0.4, -0.2) is 23.8 Å². The summed E-state index contributed by atoms with van der Waals surface area (Å²) >= 11 is 0. The first-order chi connectivity index (χ1) is 18.0. The summed E-state index contributed by atoms with van der Waals surface area (Å²) in [4.78, 5) is 39.8. The van der Waals surface area contributed by atoms with E-state index in [1.165, 1.54) is 0 Å². The third kappa shape index (κ3) is 5.06. The minimum absolute atomic E-state index is 0.272. The molecule has 3 amide bonds. The Kier molecular flexibility index (Phi) is 6.68. The topological polar surface area (TPSA) is 84.9 Å². The molecule has 4 aromatic rings. The van der Waals surface area contributed by atoms with E-state index < -0.39 is 12.0 Å². The van der Waals surface area contributed by atoms with Gasteiger partial charge in [0.15, 0.2) is 6.10 Å². The van der Waals surface area contributed by atoms with Crippen molar-refractivity contribution in [2.24, 2.45) is 0 Å². The fourth-order valence-electron chi connectivity index (χ4n) is 4.08. The first kappa shape index (κ1) is 23.8. The first-order valence-electron chi connectivity index (χ1n) is 11.9. The van der Waals surface area contributed by atoms with E-state index in [9.17, 15) is 14.4 Å². The molecule has 7 nitrogen and oxygen atoms in total. The highest BCUT2D eigenvalue weighted by molar-refractivity contribution is 6.34. The minimum atomic E-state index is -0.653. The smallest absolute Gasteiger partial charge is 0.266 e. The molecule has 4 aromatic carbocycles. The van der Waals surface area contributed by atoms with Gasteiger partial charge in [-0.3, -0.25) is 14.4 Å². The van der Waals surface area contributed by atoms with Gasteiger partial charge in [-0.15, -0.1) is 0 Å². The van der Waals surface area contributed by atoms with E-state index in [1.807, 2.05) is 31.2 Å². The van der Waals surface area contributed by atoms with Crippen LogP contribution in [0.15, 0.2) is 103 Å². The summed E-state index contributed by atoms with van der Waals surface area (Å²) in [7, 11) is 0. The molecule has 0 bridgehead atoms. The van der Waals surface area contributed by atoms with Gasteiger partial charge in [-0.1, -0.05) is 49.4 Å². The predicted octanol–water partition coefficient (Wildman–Crippen LogP) is 6.08. The minimum Gasteiger partial charge on any atom is -0.481 e. The molecule has 1 N–H and O–H groups in total. The molecule has 1 heterocycles. The van der Waals surface area contributed by atoms with Gasteiger partial charge in [0.1, 0.15) is 17.2 Å². The van der Waals surface area contributed by atoms with Crippen LogP contribution < -0.4 is 19.7 Å². The van der Waals surface area contributed by atoms with Gasteiger partial charge < -0.3 is 14.8 Å².